The van der Waals surface area contributed by atoms with Crippen LogP contribution in [0.3, 0.4) is 0 Å². The molecular formula is C51H45NS. The Labute approximate surface area is 317 Å². The monoisotopic (exact) mass is 703 g/mol. The van der Waals surface area contributed by atoms with Crippen molar-refractivity contribution in [1.29, 1.82) is 0 Å². The summed E-state index contributed by atoms with van der Waals surface area (Å²) in [5.74, 6) is 2.01. The van der Waals surface area contributed by atoms with Crippen molar-refractivity contribution >= 4 is 42.7 Å². The van der Waals surface area contributed by atoms with Crippen molar-refractivity contribution < 1.29 is 0 Å². The molecule has 2 heteroatoms. The topological polar surface area (TPSA) is 26.0 Å². The quantitative estimate of drug-likeness (QED) is 0.124. The van der Waals surface area contributed by atoms with Gasteiger partial charge in [0.1, 0.15) is 0 Å². The minimum Gasteiger partial charge on any atom is -0.405 e. The van der Waals surface area contributed by atoms with E-state index in [2.05, 4.69) is 165 Å². The van der Waals surface area contributed by atoms with Crippen LogP contribution in [-0.2, 0) is 6.42 Å². The minimum absolute atomic E-state index is 0.0921. The van der Waals surface area contributed by atoms with Gasteiger partial charge in [0.15, 0.2) is 0 Å². The summed E-state index contributed by atoms with van der Waals surface area (Å²) in [5, 5.41) is 2.69. The first-order chi connectivity index (χ1) is 26.1. The Morgan fingerprint density at radius 1 is 0.830 bits per heavy atom. The molecule has 1 heterocycles. The summed E-state index contributed by atoms with van der Waals surface area (Å²) in [4.78, 5) is 0. The van der Waals surface area contributed by atoms with E-state index in [1.807, 2.05) is 17.4 Å². The van der Waals surface area contributed by atoms with Gasteiger partial charge in [-0.2, -0.15) is 0 Å². The summed E-state index contributed by atoms with van der Waals surface area (Å²) in [7, 11) is 0. The second-order valence-electron chi connectivity index (χ2n) is 15.0. The third kappa shape index (κ3) is 6.58. The molecule has 0 aliphatic heterocycles. The number of hydrogen-bond acceptors (Lipinski definition) is 2. The first-order valence-corrected chi connectivity index (χ1v) is 20.0. The molecule has 3 aliphatic rings. The van der Waals surface area contributed by atoms with E-state index in [1.165, 1.54) is 65.5 Å². The van der Waals surface area contributed by atoms with Crippen LogP contribution in [0.25, 0.3) is 42.4 Å². The van der Waals surface area contributed by atoms with Gasteiger partial charge in [0.25, 0.3) is 0 Å². The van der Waals surface area contributed by atoms with Crippen molar-refractivity contribution in [1.82, 2.24) is 0 Å². The summed E-state index contributed by atoms with van der Waals surface area (Å²) in [5.41, 5.74) is 19.2. The van der Waals surface area contributed by atoms with Gasteiger partial charge < -0.3 is 5.73 Å². The van der Waals surface area contributed by atoms with Gasteiger partial charge in [-0.15, -0.1) is 11.3 Å². The van der Waals surface area contributed by atoms with Crippen molar-refractivity contribution in [3.63, 3.8) is 0 Å². The molecule has 0 fully saturated rings. The van der Waals surface area contributed by atoms with Gasteiger partial charge in [-0.25, -0.2) is 0 Å². The molecule has 3 aliphatic carbocycles. The van der Waals surface area contributed by atoms with Crippen molar-refractivity contribution in [3.05, 3.63) is 203 Å². The highest BCUT2D eigenvalue weighted by Gasteiger charge is 2.34. The molecule has 4 atom stereocenters. The molecule has 6 aromatic rings. The molecule has 0 spiro atoms. The molecule has 0 bridgehead atoms. The van der Waals surface area contributed by atoms with E-state index in [1.54, 1.807) is 11.8 Å². The predicted octanol–water partition coefficient (Wildman–Crippen LogP) is 13.6. The van der Waals surface area contributed by atoms with Gasteiger partial charge in [0.2, 0.25) is 0 Å². The highest BCUT2D eigenvalue weighted by Crippen LogP contribution is 2.47. The van der Waals surface area contributed by atoms with Gasteiger partial charge >= 0.3 is 0 Å². The highest BCUT2D eigenvalue weighted by atomic mass is 32.1. The Morgan fingerprint density at radius 2 is 1.72 bits per heavy atom. The number of benzene rings is 5. The van der Waals surface area contributed by atoms with Crippen LogP contribution in [0.15, 0.2) is 170 Å². The molecule has 0 saturated carbocycles. The van der Waals surface area contributed by atoms with E-state index in [0.29, 0.717) is 17.8 Å². The van der Waals surface area contributed by atoms with Gasteiger partial charge in [0.05, 0.1) is 0 Å². The molecule has 4 unspecified atom stereocenters. The van der Waals surface area contributed by atoms with Crippen molar-refractivity contribution in [2.24, 2.45) is 17.6 Å². The van der Waals surface area contributed by atoms with E-state index in [4.69, 9.17) is 5.73 Å². The second kappa shape index (κ2) is 14.5. The standard InChI is InChI=1S/C51H45NS/c1-34-21-22-42-32-43-31-41(23-25-45(43)48(42)29-34)44(18-9-15-37(27-28-52)35-11-4-2-5-12-35)39-16-8-17-40(30-39)46-19-10-20-47-49-33-38(36-13-6-3-7-14-36)24-26-50(49)53-51(46)47/h2-6,8-13,15-28,30-31,33-34,42,44,48H,7,14,29,32,52H2,1H3/b18-9+,28-27-,37-15+. The first kappa shape index (κ1) is 33.4. The molecule has 1 aromatic heterocycles. The number of fused-ring (bicyclic) bond motifs is 6. The summed E-state index contributed by atoms with van der Waals surface area (Å²) in [6, 6.07) is 41.0. The maximum atomic E-state index is 5.91. The summed E-state index contributed by atoms with van der Waals surface area (Å²) in [6.07, 6.45) is 26.6. The molecule has 1 nitrogen and oxygen atoms in total. The number of thiophene rings is 1. The van der Waals surface area contributed by atoms with Gasteiger partial charge in [-0.1, -0.05) is 153 Å². The molecular weight excluding hydrogens is 659 g/mol. The average Bonchev–Trinajstić information content (AvgIpc) is 3.77. The molecule has 2 N–H and O–H groups in total. The number of allylic oxidation sites excluding steroid dienone is 11. The number of hydrogen-bond donors (Lipinski definition) is 1. The fraction of sp³-hybridized carbons (Fsp3) is 0.176. The third-order valence-electron chi connectivity index (χ3n) is 11.6. The van der Waals surface area contributed by atoms with Crippen LogP contribution in [0.2, 0.25) is 0 Å². The molecule has 0 saturated heterocycles. The zero-order valence-electron chi connectivity index (χ0n) is 30.3. The van der Waals surface area contributed by atoms with Crippen LogP contribution in [0.1, 0.15) is 71.4 Å². The number of nitrogens with two attached hydrogens (primary N) is 1. The zero-order chi connectivity index (χ0) is 35.7. The van der Waals surface area contributed by atoms with Crippen LogP contribution in [0.4, 0.5) is 0 Å². The molecule has 0 radical (unpaired) electrons. The van der Waals surface area contributed by atoms with Crippen LogP contribution >= 0.6 is 11.3 Å². The Hall–Kier alpha value is -5.44. The van der Waals surface area contributed by atoms with E-state index in [0.717, 1.165) is 30.4 Å². The van der Waals surface area contributed by atoms with E-state index >= 15 is 0 Å². The second-order valence-corrected chi connectivity index (χ2v) is 16.1. The van der Waals surface area contributed by atoms with E-state index in [-0.39, 0.29) is 5.92 Å². The average molecular weight is 704 g/mol. The van der Waals surface area contributed by atoms with E-state index in [9.17, 15) is 0 Å². The summed E-state index contributed by atoms with van der Waals surface area (Å²) < 4.78 is 2.70. The Morgan fingerprint density at radius 3 is 2.58 bits per heavy atom. The van der Waals surface area contributed by atoms with Crippen molar-refractivity contribution in [2.75, 3.05) is 0 Å². The normalized spacial score (nSPS) is 20.4. The summed E-state index contributed by atoms with van der Waals surface area (Å²) >= 11 is 1.91. The van der Waals surface area contributed by atoms with Crippen molar-refractivity contribution in [3.8, 4) is 11.1 Å². The molecule has 0 amide bonds. The molecule has 5 aromatic carbocycles. The van der Waals surface area contributed by atoms with Gasteiger partial charge in [-0.3, -0.25) is 0 Å². The van der Waals surface area contributed by atoms with E-state index < -0.39 is 0 Å². The molecule has 9 rings (SSSR count). The molecule has 260 valence electrons. The lowest BCUT2D eigenvalue weighted by Crippen LogP contribution is -2.13. The van der Waals surface area contributed by atoms with Crippen LogP contribution < -0.4 is 5.73 Å². The molecule has 53 heavy (non-hydrogen) atoms. The van der Waals surface area contributed by atoms with Gasteiger partial charge in [0, 0.05) is 26.1 Å². The lowest BCUT2D eigenvalue weighted by molar-refractivity contribution is 0.435. The zero-order valence-corrected chi connectivity index (χ0v) is 31.1. The SMILES string of the molecule is CC1C=CC2Cc3cc(C(/C=C/C=C(\C=C/N)c4ccccc4)c4cccc(-c5cccc6c5sc5ccc(C7=CC=CCC7)cc56)c4)ccc3C2C1. The smallest absolute Gasteiger partial charge is 0.0433 e. The van der Waals surface area contributed by atoms with Crippen molar-refractivity contribution in [2.45, 2.75) is 44.4 Å². The van der Waals surface area contributed by atoms with Crippen LogP contribution in [0, 0.1) is 11.8 Å². The first-order valence-electron chi connectivity index (χ1n) is 19.2. The largest absolute Gasteiger partial charge is 0.405 e. The maximum absolute atomic E-state index is 5.91. The Balaban J connectivity index is 1.12. The summed E-state index contributed by atoms with van der Waals surface area (Å²) in [6.45, 7) is 2.35. The fourth-order valence-electron chi connectivity index (χ4n) is 8.94. The minimum atomic E-state index is 0.0921. The van der Waals surface area contributed by atoms with Crippen LogP contribution in [-0.4, -0.2) is 0 Å². The van der Waals surface area contributed by atoms with Crippen LogP contribution in [0.5, 0.6) is 0 Å². The maximum Gasteiger partial charge on any atom is 0.0433 e. The Bertz CT molecular complexity index is 2500. The lowest BCUT2D eigenvalue weighted by atomic mass is 9.80. The fourth-order valence-corrected chi connectivity index (χ4v) is 10.2. The predicted molar refractivity (Wildman–Crippen MR) is 229 cm³/mol. The third-order valence-corrected chi connectivity index (χ3v) is 12.8. The van der Waals surface area contributed by atoms with Gasteiger partial charge in [-0.05, 0) is 123 Å². The Kier molecular flexibility index (Phi) is 9.16. The number of rotatable bonds is 8. The highest BCUT2D eigenvalue weighted by molar-refractivity contribution is 7.26. The lowest BCUT2D eigenvalue weighted by Gasteiger charge is -2.25.